The van der Waals surface area contributed by atoms with Crippen molar-refractivity contribution in [1.82, 2.24) is 0 Å². The van der Waals surface area contributed by atoms with E-state index in [0.717, 1.165) is 34.9 Å². The van der Waals surface area contributed by atoms with Crippen LogP contribution in [0, 0.1) is 23.6 Å². The average Bonchev–Trinajstić information content (AvgIpc) is 2.84. The fourth-order valence-electron chi connectivity index (χ4n) is 4.68. The second-order valence-corrected chi connectivity index (χ2v) is 8.80. The van der Waals surface area contributed by atoms with Gasteiger partial charge in [0.2, 0.25) is 0 Å². The number of aryl methyl sites for hydroxylation is 1. The summed E-state index contributed by atoms with van der Waals surface area (Å²) < 4.78 is 14.8. The normalized spacial score (nSPS) is 18.4. The van der Waals surface area contributed by atoms with Crippen molar-refractivity contribution in [3.63, 3.8) is 0 Å². The largest absolute Gasteiger partial charge is 0.206 e. The van der Waals surface area contributed by atoms with Gasteiger partial charge in [-0.05, 0) is 98.1 Å². The van der Waals surface area contributed by atoms with Crippen molar-refractivity contribution >= 4 is 10.8 Å². The van der Waals surface area contributed by atoms with Gasteiger partial charge in [0.25, 0.3) is 0 Å². The summed E-state index contributed by atoms with van der Waals surface area (Å²) in [4.78, 5) is 0. The molecule has 162 valence electrons. The first-order valence-corrected chi connectivity index (χ1v) is 11.7. The standard InChI is InChI=1S/C31H31F/c1-3-5-6-7-28-19-20-29-22-25(14-21-30(29)31(28)32)9-8-24-12-17-27(18-13-24)26-15-10-23(4-2)11-16-26/h3-5,12-14,17-23,26H,2,6-7,10-11,15-16H2,1H3/b5-3+. The molecule has 1 heteroatoms. The third-order valence-corrected chi connectivity index (χ3v) is 6.69. The highest BCUT2D eigenvalue weighted by Gasteiger charge is 2.20. The molecule has 0 atom stereocenters. The van der Waals surface area contributed by atoms with E-state index in [4.69, 9.17) is 0 Å². The van der Waals surface area contributed by atoms with Crippen molar-refractivity contribution in [1.29, 1.82) is 0 Å². The van der Waals surface area contributed by atoms with E-state index in [9.17, 15) is 4.39 Å². The summed E-state index contributed by atoms with van der Waals surface area (Å²) in [6.07, 6.45) is 12.7. The zero-order chi connectivity index (χ0) is 22.3. The number of allylic oxidation sites excluding steroid dienone is 3. The lowest BCUT2D eigenvalue weighted by atomic mass is 9.79. The van der Waals surface area contributed by atoms with E-state index in [-0.39, 0.29) is 5.82 Å². The van der Waals surface area contributed by atoms with Crippen molar-refractivity contribution in [2.24, 2.45) is 5.92 Å². The number of benzene rings is 3. The molecule has 4 rings (SSSR count). The molecule has 0 unspecified atom stereocenters. The summed E-state index contributed by atoms with van der Waals surface area (Å²) in [5.41, 5.74) is 4.11. The molecular formula is C31H31F. The van der Waals surface area contributed by atoms with Crippen molar-refractivity contribution in [2.45, 2.75) is 51.4 Å². The first kappa shape index (κ1) is 22.1. The zero-order valence-electron chi connectivity index (χ0n) is 18.9. The molecule has 0 spiro atoms. The minimum atomic E-state index is -0.107. The van der Waals surface area contributed by atoms with Crippen LogP contribution in [0.2, 0.25) is 0 Å². The van der Waals surface area contributed by atoms with Crippen LogP contribution < -0.4 is 0 Å². The number of hydrogen-bond donors (Lipinski definition) is 0. The molecule has 1 saturated carbocycles. The monoisotopic (exact) mass is 422 g/mol. The summed E-state index contributed by atoms with van der Waals surface area (Å²) in [7, 11) is 0. The molecule has 1 fully saturated rings. The number of hydrogen-bond acceptors (Lipinski definition) is 0. The van der Waals surface area contributed by atoms with Crippen molar-refractivity contribution in [3.8, 4) is 11.8 Å². The van der Waals surface area contributed by atoms with Crippen LogP contribution in [-0.2, 0) is 6.42 Å². The minimum absolute atomic E-state index is 0.107. The maximum Gasteiger partial charge on any atom is 0.134 e. The van der Waals surface area contributed by atoms with Crippen LogP contribution in [0.15, 0.2) is 79.4 Å². The van der Waals surface area contributed by atoms with E-state index in [0.29, 0.717) is 17.2 Å². The summed E-state index contributed by atoms with van der Waals surface area (Å²) >= 11 is 0. The van der Waals surface area contributed by atoms with E-state index in [1.807, 2.05) is 43.3 Å². The molecule has 0 nitrogen and oxygen atoms in total. The Hall–Kier alpha value is -3.11. The van der Waals surface area contributed by atoms with Gasteiger partial charge < -0.3 is 0 Å². The highest BCUT2D eigenvalue weighted by atomic mass is 19.1. The molecule has 0 aromatic heterocycles. The Morgan fingerprint density at radius 2 is 1.66 bits per heavy atom. The van der Waals surface area contributed by atoms with Gasteiger partial charge in [-0.3, -0.25) is 0 Å². The molecule has 0 aliphatic heterocycles. The van der Waals surface area contributed by atoms with Gasteiger partial charge in [0.05, 0.1) is 0 Å². The maximum atomic E-state index is 14.8. The number of halogens is 1. The van der Waals surface area contributed by atoms with E-state index in [2.05, 4.69) is 54.8 Å². The van der Waals surface area contributed by atoms with Gasteiger partial charge in [-0.15, -0.1) is 6.58 Å². The van der Waals surface area contributed by atoms with E-state index in [1.54, 1.807) is 0 Å². The molecule has 1 aliphatic rings. The maximum absolute atomic E-state index is 14.8. The molecule has 3 aromatic rings. The van der Waals surface area contributed by atoms with E-state index < -0.39 is 0 Å². The average molecular weight is 423 g/mol. The lowest BCUT2D eigenvalue weighted by molar-refractivity contribution is 0.376. The lowest BCUT2D eigenvalue weighted by Gasteiger charge is -2.26. The molecule has 1 aliphatic carbocycles. The van der Waals surface area contributed by atoms with Gasteiger partial charge in [0.15, 0.2) is 0 Å². The van der Waals surface area contributed by atoms with Crippen molar-refractivity contribution < 1.29 is 4.39 Å². The zero-order valence-corrected chi connectivity index (χ0v) is 18.9. The third kappa shape index (κ3) is 5.20. The van der Waals surface area contributed by atoms with Gasteiger partial charge in [0, 0.05) is 16.5 Å². The molecule has 0 N–H and O–H groups in total. The predicted molar refractivity (Wildman–Crippen MR) is 134 cm³/mol. The first-order valence-electron chi connectivity index (χ1n) is 11.7. The van der Waals surface area contributed by atoms with Gasteiger partial charge in [-0.1, -0.05) is 60.4 Å². The molecule has 32 heavy (non-hydrogen) atoms. The minimum Gasteiger partial charge on any atom is -0.206 e. The van der Waals surface area contributed by atoms with Gasteiger partial charge in [0.1, 0.15) is 5.82 Å². The fourth-order valence-corrected chi connectivity index (χ4v) is 4.68. The molecule has 0 radical (unpaired) electrons. The molecule has 0 amide bonds. The van der Waals surface area contributed by atoms with Gasteiger partial charge >= 0.3 is 0 Å². The van der Waals surface area contributed by atoms with Crippen LogP contribution in [0.5, 0.6) is 0 Å². The summed E-state index contributed by atoms with van der Waals surface area (Å²) in [6, 6.07) is 18.4. The van der Waals surface area contributed by atoms with Gasteiger partial charge in [-0.25, -0.2) is 4.39 Å². The molecule has 0 bridgehead atoms. The van der Waals surface area contributed by atoms with Crippen LogP contribution in [0.1, 0.15) is 67.2 Å². The Balaban J connectivity index is 1.46. The summed E-state index contributed by atoms with van der Waals surface area (Å²) in [5.74, 6) is 7.76. The molecular weight excluding hydrogens is 391 g/mol. The van der Waals surface area contributed by atoms with Crippen LogP contribution in [0.4, 0.5) is 4.39 Å². The summed E-state index contributed by atoms with van der Waals surface area (Å²) in [5, 5.41) is 1.57. The fraction of sp³-hybridized carbons (Fsp3) is 0.290. The topological polar surface area (TPSA) is 0 Å². The highest BCUT2D eigenvalue weighted by molar-refractivity contribution is 5.85. The van der Waals surface area contributed by atoms with E-state index >= 15 is 0 Å². The third-order valence-electron chi connectivity index (χ3n) is 6.69. The van der Waals surface area contributed by atoms with Crippen LogP contribution >= 0.6 is 0 Å². The van der Waals surface area contributed by atoms with Crippen LogP contribution in [0.25, 0.3) is 10.8 Å². The summed E-state index contributed by atoms with van der Waals surface area (Å²) in [6.45, 7) is 5.93. The predicted octanol–water partition coefficient (Wildman–Crippen LogP) is 8.35. The van der Waals surface area contributed by atoms with Gasteiger partial charge in [-0.2, -0.15) is 0 Å². The molecule has 3 aromatic carbocycles. The Bertz CT molecular complexity index is 1160. The second kappa shape index (κ2) is 10.5. The van der Waals surface area contributed by atoms with E-state index in [1.165, 1.54) is 31.2 Å². The SMILES string of the molecule is C=CC1CCC(c2ccc(C#Cc3ccc4c(F)c(CC/C=C/C)ccc4c3)cc2)CC1. The molecule has 0 saturated heterocycles. The van der Waals surface area contributed by atoms with Crippen LogP contribution in [0.3, 0.4) is 0 Å². The van der Waals surface area contributed by atoms with Crippen molar-refractivity contribution in [2.75, 3.05) is 0 Å². The molecule has 0 heterocycles. The second-order valence-electron chi connectivity index (χ2n) is 8.80. The Kier molecular flexibility index (Phi) is 7.23. The Morgan fingerprint density at radius 3 is 2.38 bits per heavy atom. The van der Waals surface area contributed by atoms with Crippen LogP contribution in [-0.4, -0.2) is 0 Å². The highest BCUT2D eigenvalue weighted by Crippen LogP contribution is 2.36. The lowest BCUT2D eigenvalue weighted by Crippen LogP contribution is -2.11. The number of fused-ring (bicyclic) bond motifs is 1. The number of rotatable bonds is 5. The Labute approximate surface area is 191 Å². The smallest absolute Gasteiger partial charge is 0.134 e. The Morgan fingerprint density at radius 1 is 0.938 bits per heavy atom. The first-order chi connectivity index (χ1) is 15.7. The van der Waals surface area contributed by atoms with Crippen molar-refractivity contribution in [3.05, 3.63) is 107 Å². The quantitative estimate of drug-likeness (QED) is 0.286.